The minimum Gasteiger partial charge on any atom is -0.359 e. The molecule has 4 nitrogen and oxygen atoms in total. The Balaban J connectivity index is 2.24. The first-order valence-electron chi connectivity index (χ1n) is 7.01. The van der Waals surface area contributed by atoms with Crippen LogP contribution in [-0.4, -0.2) is 9.55 Å². The molecule has 1 unspecified atom stereocenters. The second-order valence-corrected chi connectivity index (χ2v) is 5.00. The second kappa shape index (κ2) is 6.37. The number of anilines is 1. The summed E-state index contributed by atoms with van der Waals surface area (Å²) < 4.78 is 1.69. The molecule has 2 aromatic rings. The molecule has 0 aliphatic rings. The summed E-state index contributed by atoms with van der Waals surface area (Å²) in [5.74, 6) is 0.414. The van der Waals surface area contributed by atoms with Gasteiger partial charge in [0.1, 0.15) is 0 Å². The van der Waals surface area contributed by atoms with Crippen molar-refractivity contribution in [3.63, 3.8) is 0 Å². The summed E-state index contributed by atoms with van der Waals surface area (Å²) >= 11 is 0. The van der Waals surface area contributed by atoms with Crippen LogP contribution >= 0.6 is 0 Å². The average Bonchev–Trinajstić information content (AvgIpc) is 2.44. The highest BCUT2D eigenvalue weighted by Gasteiger charge is 2.11. The van der Waals surface area contributed by atoms with Gasteiger partial charge >= 0.3 is 0 Å². The molecule has 0 fully saturated rings. The van der Waals surface area contributed by atoms with E-state index in [9.17, 15) is 4.79 Å². The van der Waals surface area contributed by atoms with Crippen LogP contribution in [0.4, 0.5) is 5.82 Å². The SMILES string of the molecule is CCCn1ccnc(NC(C)c2ccccc2C)c1=O. The van der Waals surface area contributed by atoms with Crippen molar-refractivity contribution < 1.29 is 0 Å². The van der Waals surface area contributed by atoms with Crippen LogP contribution in [0.2, 0.25) is 0 Å². The highest BCUT2D eigenvalue weighted by atomic mass is 16.1. The van der Waals surface area contributed by atoms with Crippen LogP contribution in [0, 0.1) is 6.92 Å². The molecule has 0 radical (unpaired) electrons. The minimum atomic E-state index is -0.0604. The number of nitrogens with zero attached hydrogens (tertiary/aromatic N) is 2. The molecule has 0 amide bonds. The lowest BCUT2D eigenvalue weighted by Crippen LogP contribution is -2.25. The Kier molecular flexibility index (Phi) is 4.56. The van der Waals surface area contributed by atoms with Crippen LogP contribution in [0.15, 0.2) is 41.5 Å². The summed E-state index contributed by atoms with van der Waals surface area (Å²) in [6.07, 6.45) is 4.33. The van der Waals surface area contributed by atoms with E-state index >= 15 is 0 Å². The smallest absolute Gasteiger partial charge is 0.293 e. The van der Waals surface area contributed by atoms with Crippen molar-refractivity contribution in [2.45, 2.75) is 39.8 Å². The standard InChI is InChI=1S/C16H21N3O/c1-4-10-19-11-9-17-15(16(19)20)18-13(3)14-8-6-5-7-12(14)2/h5-9,11,13H,4,10H2,1-3H3,(H,17,18). The van der Waals surface area contributed by atoms with Gasteiger partial charge < -0.3 is 9.88 Å². The predicted molar refractivity (Wildman–Crippen MR) is 82.0 cm³/mol. The van der Waals surface area contributed by atoms with Crippen molar-refractivity contribution in [3.05, 3.63) is 58.1 Å². The zero-order valence-electron chi connectivity index (χ0n) is 12.3. The molecule has 1 aromatic heterocycles. The van der Waals surface area contributed by atoms with Crippen molar-refractivity contribution in [2.24, 2.45) is 0 Å². The fourth-order valence-electron chi connectivity index (χ4n) is 2.32. The number of aryl methyl sites for hydroxylation is 2. The molecule has 0 saturated carbocycles. The van der Waals surface area contributed by atoms with Crippen LogP contribution < -0.4 is 10.9 Å². The van der Waals surface area contributed by atoms with E-state index in [0.29, 0.717) is 5.82 Å². The molecule has 1 atom stereocenters. The number of benzene rings is 1. The van der Waals surface area contributed by atoms with Gasteiger partial charge in [0.05, 0.1) is 6.04 Å². The van der Waals surface area contributed by atoms with Gasteiger partial charge in [0, 0.05) is 18.9 Å². The summed E-state index contributed by atoms with van der Waals surface area (Å²) in [7, 11) is 0. The highest BCUT2D eigenvalue weighted by molar-refractivity contribution is 5.38. The third kappa shape index (κ3) is 3.07. The largest absolute Gasteiger partial charge is 0.359 e. The van der Waals surface area contributed by atoms with Gasteiger partial charge in [-0.25, -0.2) is 4.98 Å². The number of nitrogens with one attached hydrogen (secondary N) is 1. The fraction of sp³-hybridized carbons (Fsp3) is 0.375. The molecule has 0 aliphatic heterocycles. The topological polar surface area (TPSA) is 46.9 Å². The van der Waals surface area contributed by atoms with E-state index in [1.54, 1.807) is 17.0 Å². The predicted octanol–water partition coefficient (Wildman–Crippen LogP) is 3.13. The summed E-state index contributed by atoms with van der Waals surface area (Å²) in [6.45, 7) is 6.88. The first-order chi connectivity index (χ1) is 9.63. The molecular weight excluding hydrogens is 250 g/mol. The minimum absolute atomic E-state index is 0.0499. The average molecular weight is 271 g/mol. The number of rotatable bonds is 5. The molecular formula is C16H21N3O. The summed E-state index contributed by atoms with van der Waals surface area (Å²) in [4.78, 5) is 16.4. The van der Waals surface area contributed by atoms with E-state index in [1.807, 2.05) is 19.1 Å². The van der Waals surface area contributed by atoms with Crippen molar-refractivity contribution in [3.8, 4) is 0 Å². The fourth-order valence-corrected chi connectivity index (χ4v) is 2.32. The third-order valence-corrected chi connectivity index (χ3v) is 3.39. The quantitative estimate of drug-likeness (QED) is 0.908. The van der Waals surface area contributed by atoms with E-state index in [2.05, 4.69) is 36.3 Å². The van der Waals surface area contributed by atoms with E-state index in [-0.39, 0.29) is 11.6 Å². The van der Waals surface area contributed by atoms with Gasteiger partial charge in [0.25, 0.3) is 5.56 Å². The van der Waals surface area contributed by atoms with Crippen LogP contribution in [0.1, 0.15) is 37.4 Å². The molecule has 20 heavy (non-hydrogen) atoms. The third-order valence-electron chi connectivity index (χ3n) is 3.39. The molecule has 106 valence electrons. The molecule has 0 saturated heterocycles. The lowest BCUT2D eigenvalue weighted by Gasteiger charge is -2.17. The molecule has 0 aliphatic carbocycles. The van der Waals surface area contributed by atoms with Crippen molar-refractivity contribution in [1.29, 1.82) is 0 Å². The van der Waals surface area contributed by atoms with Crippen molar-refractivity contribution in [1.82, 2.24) is 9.55 Å². The van der Waals surface area contributed by atoms with Gasteiger partial charge in [-0.15, -0.1) is 0 Å². The van der Waals surface area contributed by atoms with E-state index in [4.69, 9.17) is 0 Å². The second-order valence-electron chi connectivity index (χ2n) is 5.00. The van der Waals surface area contributed by atoms with E-state index < -0.39 is 0 Å². The summed E-state index contributed by atoms with van der Waals surface area (Å²) in [6, 6.07) is 8.21. The Labute approximate surface area is 119 Å². The molecule has 1 heterocycles. The Morgan fingerprint density at radius 1 is 1.35 bits per heavy atom. The Hall–Kier alpha value is -2.10. The lowest BCUT2D eigenvalue weighted by molar-refractivity contribution is 0.647. The lowest BCUT2D eigenvalue weighted by atomic mass is 10.0. The van der Waals surface area contributed by atoms with Crippen LogP contribution in [0.3, 0.4) is 0 Å². The number of hydrogen-bond donors (Lipinski definition) is 1. The zero-order chi connectivity index (χ0) is 14.5. The van der Waals surface area contributed by atoms with Crippen LogP contribution in [-0.2, 0) is 6.54 Å². The molecule has 1 aromatic carbocycles. The van der Waals surface area contributed by atoms with Gasteiger partial charge in [-0.2, -0.15) is 0 Å². The molecule has 4 heteroatoms. The van der Waals surface area contributed by atoms with Gasteiger partial charge in [0.2, 0.25) is 0 Å². The Morgan fingerprint density at radius 3 is 2.80 bits per heavy atom. The molecule has 2 rings (SSSR count). The normalized spacial score (nSPS) is 12.2. The Bertz CT molecular complexity index is 634. The zero-order valence-corrected chi connectivity index (χ0v) is 12.3. The first kappa shape index (κ1) is 14.3. The van der Waals surface area contributed by atoms with E-state index in [1.165, 1.54) is 11.1 Å². The Morgan fingerprint density at radius 2 is 2.10 bits per heavy atom. The summed E-state index contributed by atoms with van der Waals surface area (Å²) in [5.41, 5.74) is 2.33. The molecule has 1 N–H and O–H groups in total. The van der Waals surface area contributed by atoms with Gasteiger partial charge in [-0.1, -0.05) is 31.2 Å². The maximum atomic E-state index is 12.2. The highest BCUT2D eigenvalue weighted by Crippen LogP contribution is 2.19. The monoisotopic (exact) mass is 271 g/mol. The summed E-state index contributed by atoms with van der Waals surface area (Å²) in [5, 5.41) is 3.22. The van der Waals surface area contributed by atoms with Crippen molar-refractivity contribution in [2.75, 3.05) is 5.32 Å². The van der Waals surface area contributed by atoms with Gasteiger partial charge in [0.15, 0.2) is 5.82 Å². The maximum absolute atomic E-state index is 12.2. The van der Waals surface area contributed by atoms with Gasteiger partial charge in [-0.05, 0) is 31.4 Å². The van der Waals surface area contributed by atoms with Crippen LogP contribution in [0.25, 0.3) is 0 Å². The molecule has 0 spiro atoms. The first-order valence-corrected chi connectivity index (χ1v) is 7.01. The number of hydrogen-bond acceptors (Lipinski definition) is 3. The maximum Gasteiger partial charge on any atom is 0.293 e. The molecule has 0 bridgehead atoms. The number of aromatic nitrogens is 2. The van der Waals surface area contributed by atoms with Crippen LogP contribution in [0.5, 0.6) is 0 Å². The van der Waals surface area contributed by atoms with E-state index in [0.717, 1.165) is 13.0 Å². The van der Waals surface area contributed by atoms with Gasteiger partial charge in [-0.3, -0.25) is 4.79 Å². The van der Waals surface area contributed by atoms with Crippen molar-refractivity contribution >= 4 is 5.82 Å².